The molecule has 2 N–H and O–H groups in total. The maximum Gasteiger partial charge on any atom is 0.191 e. The summed E-state index contributed by atoms with van der Waals surface area (Å²) in [6, 6.07) is 4.40. The van der Waals surface area contributed by atoms with Crippen LogP contribution in [0.4, 0.5) is 0 Å². The molecule has 0 amide bonds. The van der Waals surface area contributed by atoms with Gasteiger partial charge in [0.05, 0.1) is 31.1 Å². The number of aliphatic imine (C=N–C) groups is 1. The zero-order chi connectivity index (χ0) is 19.6. The summed E-state index contributed by atoms with van der Waals surface area (Å²) < 4.78 is 17.2. The summed E-state index contributed by atoms with van der Waals surface area (Å²) in [6.07, 6.45) is 11.5. The highest BCUT2D eigenvalue weighted by atomic mass is 127. The van der Waals surface area contributed by atoms with Crippen LogP contribution in [0.3, 0.4) is 0 Å². The number of rotatable bonds is 8. The molecule has 1 atom stereocenters. The van der Waals surface area contributed by atoms with Crippen molar-refractivity contribution in [1.82, 2.24) is 10.6 Å². The molecule has 0 bridgehead atoms. The highest BCUT2D eigenvalue weighted by Crippen LogP contribution is 2.22. The minimum Gasteiger partial charge on any atom is -0.469 e. The lowest BCUT2D eigenvalue weighted by molar-refractivity contribution is -0.0152. The predicted octanol–water partition coefficient (Wildman–Crippen LogP) is 4.28. The molecule has 7 heteroatoms. The Balaban J connectivity index is 0.00000300. The van der Waals surface area contributed by atoms with Gasteiger partial charge in [0.15, 0.2) is 5.96 Å². The van der Waals surface area contributed by atoms with Gasteiger partial charge in [-0.25, -0.2) is 0 Å². The van der Waals surface area contributed by atoms with Gasteiger partial charge in [-0.2, -0.15) is 0 Å². The smallest absolute Gasteiger partial charge is 0.191 e. The van der Waals surface area contributed by atoms with Crippen molar-refractivity contribution in [3.05, 3.63) is 24.2 Å². The van der Waals surface area contributed by atoms with E-state index in [2.05, 4.69) is 24.5 Å². The Kier molecular flexibility index (Phi) is 11.4. The van der Waals surface area contributed by atoms with Gasteiger partial charge in [0, 0.05) is 25.6 Å². The second-order valence-corrected chi connectivity index (χ2v) is 8.24. The monoisotopic (exact) mass is 519 g/mol. The van der Waals surface area contributed by atoms with Crippen LogP contribution in [0.1, 0.15) is 64.6 Å². The molecule has 0 aromatic carbocycles. The standard InChI is InChI=1S/C22H37N3O3.HI/c1-17(2)28-20-10-8-18(9-11-20)25-22(23-13-12-19-7-5-15-26-19)24-16-21-6-3-4-14-27-21;/h5,7,15,17-18,20-21H,3-4,6,8-14,16H2,1-2H3,(H2,23,24,25);1H. The van der Waals surface area contributed by atoms with E-state index in [4.69, 9.17) is 18.9 Å². The van der Waals surface area contributed by atoms with E-state index in [1.54, 1.807) is 6.26 Å². The van der Waals surface area contributed by atoms with Gasteiger partial charge in [0.25, 0.3) is 0 Å². The third-order valence-electron chi connectivity index (χ3n) is 5.45. The number of nitrogens with one attached hydrogen (secondary N) is 2. The number of nitrogens with zero attached hydrogens (tertiary/aromatic N) is 1. The van der Waals surface area contributed by atoms with Crippen molar-refractivity contribution in [2.24, 2.45) is 4.99 Å². The van der Waals surface area contributed by atoms with Crippen LogP contribution in [0, 0.1) is 0 Å². The first-order valence-corrected chi connectivity index (χ1v) is 11.0. The Morgan fingerprint density at radius 1 is 1.21 bits per heavy atom. The van der Waals surface area contributed by atoms with Gasteiger partial charge in [0.2, 0.25) is 0 Å². The maximum atomic E-state index is 5.98. The maximum absolute atomic E-state index is 5.98. The van der Waals surface area contributed by atoms with Crippen molar-refractivity contribution in [2.45, 2.75) is 89.6 Å². The average Bonchev–Trinajstić information content (AvgIpc) is 3.21. The van der Waals surface area contributed by atoms with E-state index < -0.39 is 0 Å². The summed E-state index contributed by atoms with van der Waals surface area (Å²) in [6.45, 7) is 6.63. The van der Waals surface area contributed by atoms with Gasteiger partial charge in [-0.15, -0.1) is 24.0 Å². The fourth-order valence-corrected chi connectivity index (χ4v) is 3.98. The normalized spacial score (nSPS) is 25.5. The Morgan fingerprint density at radius 3 is 2.69 bits per heavy atom. The average molecular weight is 519 g/mol. The minimum atomic E-state index is 0. The fourth-order valence-electron chi connectivity index (χ4n) is 3.98. The van der Waals surface area contributed by atoms with Gasteiger partial charge in [0.1, 0.15) is 5.76 Å². The van der Waals surface area contributed by atoms with Crippen LogP contribution in [0.25, 0.3) is 0 Å². The van der Waals surface area contributed by atoms with Crippen LogP contribution in [0.5, 0.6) is 0 Å². The summed E-state index contributed by atoms with van der Waals surface area (Å²) in [5, 5.41) is 7.13. The molecule has 1 aliphatic carbocycles. The number of halogens is 1. The Morgan fingerprint density at radius 2 is 2.03 bits per heavy atom. The molecule has 29 heavy (non-hydrogen) atoms. The first kappa shape index (κ1) is 24.5. The molecule has 0 radical (unpaired) electrons. The molecular weight excluding hydrogens is 481 g/mol. The fraction of sp³-hybridized carbons (Fsp3) is 0.773. The van der Waals surface area contributed by atoms with E-state index in [1.807, 2.05) is 12.1 Å². The van der Waals surface area contributed by atoms with Gasteiger partial charge in [-0.1, -0.05) is 0 Å². The number of hydrogen-bond acceptors (Lipinski definition) is 4. The summed E-state index contributed by atoms with van der Waals surface area (Å²) in [4.78, 5) is 4.84. The zero-order valence-corrected chi connectivity index (χ0v) is 20.2. The predicted molar refractivity (Wildman–Crippen MR) is 127 cm³/mol. The summed E-state index contributed by atoms with van der Waals surface area (Å²) >= 11 is 0. The Bertz CT molecular complexity index is 566. The van der Waals surface area contributed by atoms with E-state index in [-0.39, 0.29) is 30.1 Å². The van der Waals surface area contributed by atoms with Gasteiger partial charge in [-0.05, 0) is 70.9 Å². The van der Waals surface area contributed by atoms with Crippen LogP contribution < -0.4 is 10.6 Å². The quantitative estimate of drug-likeness (QED) is 0.305. The Hall–Kier alpha value is -0.800. The SMILES string of the molecule is CC(C)OC1CCC(NC(=NCC2CCCCO2)NCCc2ccco2)CC1.I. The molecule has 2 heterocycles. The minimum absolute atomic E-state index is 0. The zero-order valence-electron chi connectivity index (χ0n) is 17.9. The van der Waals surface area contributed by atoms with Crippen molar-refractivity contribution in [2.75, 3.05) is 19.7 Å². The number of furan rings is 1. The first-order chi connectivity index (χ1) is 13.7. The summed E-state index contributed by atoms with van der Waals surface area (Å²) in [5.74, 6) is 1.89. The molecule has 1 aromatic rings. The van der Waals surface area contributed by atoms with Crippen molar-refractivity contribution in [3.63, 3.8) is 0 Å². The summed E-state index contributed by atoms with van der Waals surface area (Å²) in [7, 11) is 0. The largest absolute Gasteiger partial charge is 0.469 e. The molecular formula is C22H38IN3O3. The number of guanidine groups is 1. The lowest BCUT2D eigenvalue weighted by atomic mass is 9.93. The molecule has 1 saturated heterocycles. The second-order valence-electron chi connectivity index (χ2n) is 8.24. The third-order valence-corrected chi connectivity index (χ3v) is 5.45. The van der Waals surface area contributed by atoms with E-state index >= 15 is 0 Å². The van der Waals surface area contributed by atoms with Crippen molar-refractivity contribution in [3.8, 4) is 0 Å². The van der Waals surface area contributed by atoms with Crippen LogP contribution in [-0.4, -0.2) is 50.0 Å². The van der Waals surface area contributed by atoms with E-state index in [0.29, 0.717) is 18.2 Å². The molecule has 1 unspecified atom stereocenters. The topological polar surface area (TPSA) is 68.0 Å². The van der Waals surface area contributed by atoms with Crippen molar-refractivity contribution >= 4 is 29.9 Å². The molecule has 2 aliphatic rings. The molecule has 1 aliphatic heterocycles. The molecule has 3 rings (SSSR count). The molecule has 6 nitrogen and oxygen atoms in total. The van der Waals surface area contributed by atoms with Crippen LogP contribution >= 0.6 is 24.0 Å². The van der Waals surface area contributed by atoms with E-state index in [1.165, 1.54) is 12.8 Å². The number of hydrogen-bond donors (Lipinski definition) is 2. The molecule has 166 valence electrons. The third kappa shape index (κ3) is 9.26. The van der Waals surface area contributed by atoms with Gasteiger partial charge >= 0.3 is 0 Å². The van der Waals surface area contributed by atoms with Crippen LogP contribution in [-0.2, 0) is 15.9 Å². The Labute approximate surface area is 192 Å². The molecule has 0 spiro atoms. The molecule has 1 saturated carbocycles. The lowest BCUT2D eigenvalue weighted by Gasteiger charge is -2.31. The van der Waals surface area contributed by atoms with Gasteiger partial charge < -0.3 is 24.5 Å². The first-order valence-electron chi connectivity index (χ1n) is 11.0. The van der Waals surface area contributed by atoms with E-state index in [9.17, 15) is 0 Å². The highest BCUT2D eigenvalue weighted by Gasteiger charge is 2.23. The second kappa shape index (κ2) is 13.5. The molecule has 2 fully saturated rings. The number of ether oxygens (including phenoxy) is 2. The summed E-state index contributed by atoms with van der Waals surface area (Å²) in [5.41, 5.74) is 0. The highest BCUT2D eigenvalue weighted by molar-refractivity contribution is 14.0. The lowest BCUT2D eigenvalue weighted by Crippen LogP contribution is -2.46. The van der Waals surface area contributed by atoms with E-state index in [0.717, 1.165) is 69.9 Å². The van der Waals surface area contributed by atoms with Gasteiger partial charge in [-0.3, -0.25) is 4.99 Å². The van der Waals surface area contributed by atoms with Crippen molar-refractivity contribution < 1.29 is 13.9 Å². The van der Waals surface area contributed by atoms with Crippen LogP contribution in [0.2, 0.25) is 0 Å². The van der Waals surface area contributed by atoms with Crippen molar-refractivity contribution in [1.29, 1.82) is 0 Å². The molecule has 1 aromatic heterocycles. The van der Waals surface area contributed by atoms with Crippen LogP contribution in [0.15, 0.2) is 27.8 Å².